The molecule has 0 heterocycles. The van der Waals surface area contributed by atoms with Gasteiger partial charge < -0.3 is 10.2 Å². The Bertz CT molecular complexity index is 504. The Morgan fingerprint density at radius 1 is 1.05 bits per heavy atom. The molecule has 5 nitrogen and oxygen atoms in total. The number of ketones is 1. The van der Waals surface area contributed by atoms with Crippen molar-refractivity contribution in [2.45, 2.75) is 11.3 Å². The van der Waals surface area contributed by atoms with E-state index in [-0.39, 0.29) is 12.2 Å². The fraction of sp³-hybridized carbons (Fsp3) is 0.154. The van der Waals surface area contributed by atoms with Crippen molar-refractivity contribution in [2.75, 3.05) is 5.75 Å². The zero-order chi connectivity index (χ0) is 14.3. The molecule has 6 heteroatoms. The van der Waals surface area contributed by atoms with Gasteiger partial charge in [-0.25, -0.2) is 4.79 Å². The highest BCUT2D eigenvalue weighted by Crippen LogP contribution is 2.19. The summed E-state index contributed by atoms with van der Waals surface area (Å²) in [6.45, 7) is 0. The first kappa shape index (κ1) is 15.0. The average molecular weight is 280 g/mol. The molecule has 0 saturated heterocycles. The van der Waals surface area contributed by atoms with Crippen molar-refractivity contribution in [3.05, 3.63) is 42.0 Å². The quantitative estimate of drug-likeness (QED) is 0.451. The number of thioether (sulfide) groups is 1. The van der Waals surface area contributed by atoms with Crippen LogP contribution in [-0.2, 0) is 9.59 Å². The van der Waals surface area contributed by atoms with Crippen molar-refractivity contribution in [3.8, 4) is 0 Å². The minimum atomic E-state index is -1.17. The number of hydrogen-bond donors (Lipinski definition) is 2. The van der Waals surface area contributed by atoms with Gasteiger partial charge in [0.2, 0.25) is 0 Å². The van der Waals surface area contributed by atoms with Gasteiger partial charge in [-0.1, -0.05) is 0 Å². The fourth-order valence-corrected chi connectivity index (χ4v) is 2.06. The molecule has 0 aromatic heterocycles. The highest BCUT2D eigenvalue weighted by atomic mass is 32.2. The van der Waals surface area contributed by atoms with E-state index in [0.29, 0.717) is 11.3 Å². The van der Waals surface area contributed by atoms with E-state index < -0.39 is 11.9 Å². The number of aliphatic carboxylic acids is 2. The molecule has 0 radical (unpaired) electrons. The van der Waals surface area contributed by atoms with Crippen LogP contribution < -0.4 is 0 Å². The Kier molecular flexibility index (Phi) is 5.81. The molecule has 0 aliphatic heterocycles. The molecule has 1 rings (SSSR count). The second kappa shape index (κ2) is 7.38. The highest BCUT2D eigenvalue weighted by Gasteiger charge is 2.03. The Morgan fingerprint density at radius 3 is 2.21 bits per heavy atom. The summed E-state index contributed by atoms with van der Waals surface area (Å²) in [7, 11) is 0. The van der Waals surface area contributed by atoms with Crippen LogP contribution in [0, 0.1) is 0 Å². The molecule has 100 valence electrons. The average Bonchev–Trinajstić information content (AvgIpc) is 2.36. The molecule has 0 unspecified atom stereocenters. The van der Waals surface area contributed by atoms with Gasteiger partial charge >= 0.3 is 11.9 Å². The number of carboxylic acids is 2. The van der Waals surface area contributed by atoms with Crippen molar-refractivity contribution < 1.29 is 24.6 Å². The van der Waals surface area contributed by atoms with Crippen molar-refractivity contribution in [2.24, 2.45) is 0 Å². The van der Waals surface area contributed by atoms with Crippen molar-refractivity contribution in [1.29, 1.82) is 0 Å². The van der Waals surface area contributed by atoms with E-state index in [4.69, 9.17) is 10.2 Å². The summed E-state index contributed by atoms with van der Waals surface area (Å²) >= 11 is 1.38. The van der Waals surface area contributed by atoms with Crippen LogP contribution in [-0.4, -0.2) is 33.7 Å². The van der Waals surface area contributed by atoms with Crippen LogP contribution >= 0.6 is 11.8 Å². The third-order valence-corrected chi connectivity index (χ3v) is 3.11. The number of carboxylic acid groups (broad SMARTS) is 2. The summed E-state index contributed by atoms with van der Waals surface area (Å²) in [5.74, 6) is -1.95. The Morgan fingerprint density at radius 2 is 1.68 bits per heavy atom. The van der Waals surface area contributed by atoms with E-state index in [1.54, 1.807) is 24.3 Å². The first-order valence-corrected chi connectivity index (χ1v) is 6.37. The maximum absolute atomic E-state index is 11.5. The van der Waals surface area contributed by atoms with Gasteiger partial charge in [0, 0.05) is 22.3 Å². The molecule has 0 aliphatic carbocycles. The van der Waals surface area contributed by atoms with Crippen LogP contribution in [0.25, 0.3) is 0 Å². The second-order valence-electron chi connectivity index (χ2n) is 3.55. The minimum Gasteiger partial charge on any atom is -0.481 e. The van der Waals surface area contributed by atoms with Crippen molar-refractivity contribution >= 4 is 29.5 Å². The number of carbonyl (C=O) groups is 3. The zero-order valence-electron chi connectivity index (χ0n) is 9.91. The second-order valence-corrected chi connectivity index (χ2v) is 4.72. The first-order chi connectivity index (χ1) is 8.99. The van der Waals surface area contributed by atoms with Crippen LogP contribution in [0.15, 0.2) is 41.3 Å². The summed E-state index contributed by atoms with van der Waals surface area (Å²) in [6.07, 6.45) is 1.86. The van der Waals surface area contributed by atoms with E-state index in [0.717, 1.165) is 17.0 Å². The zero-order valence-corrected chi connectivity index (χ0v) is 10.7. The lowest BCUT2D eigenvalue weighted by atomic mass is 10.1. The van der Waals surface area contributed by atoms with Gasteiger partial charge in [0.15, 0.2) is 5.78 Å². The van der Waals surface area contributed by atoms with Gasteiger partial charge in [-0.05, 0) is 30.3 Å². The topological polar surface area (TPSA) is 91.7 Å². The standard InChI is InChI=1S/C13H12O5S/c14-11(5-6-12(15)16)9-1-3-10(4-2-9)19-8-7-13(17)18/h1-6H,7-8H2,(H,15,16)(H,17,18)/b6-5+. The Hall–Kier alpha value is -2.08. The smallest absolute Gasteiger partial charge is 0.328 e. The number of allylic oxidation sites excluding steroid dienone is 1. The maximum atomic E-state index is 11.5. The molecule has 0 fully saturated rings. The molecule has 2 N–H and O–H groups in total. The minimum absolute atomic E-state index is 0.0761. The monoisotopic (exact) mass is 280 g/mol. The molecule has 0 aliphatic rings. The molecule has 19 heavy (non-hydrogen) atoms. The summed E-state index contributed by atoms with van der Waals surface area (Å²) in [5, 5.41) is 16.9. The van der Waals surface area contributed by atoms with Gasteiger partial charge in [0.1, 0.15) is 0 Å². The molecule has 0 bridgehead atoms. The first-order valence-electron chi connectivity index (χ1n) is 5.39. The molecule has 0 spiro atoms. The summed E-state index contributed by atoms with van der Waals surface area (Å²) < 4.78 is 0. The fourth-order valence-electron chi connectivity index (χ4n) is 1.21. The number of benzene rings is 1. The normalized spacial score (nSPS) is 10.5. The van der Waals surface area contributed by atoms with Gasteiger partial charge in [-0.2, -0.15) is 0 Å². The van der Waals surface area contributed by atoms with Gasteiger partial charge in [0.05, 0.1) is 6.42 Å². The molecular weight excluding hydrogens is 268 g/mol. The SMILES string of the molecule is O=C(O)/C=C/C(=O)c1ccc(SCCC(=O)O)cc1. The van der Waals surface area contributed by atoms with Crippen molar-refractivity contribution in [1.82, 2.24) is 0 Å². The van der Waals surface area contributed by atoms with E-state index >= 15 is 0 Å². The molecular formula is C13H12O5S. The van der Waals surface area contributed by atoms with Gasteiger partial charge in [0.25, 0.3) is 0 Å². The maximum Gasteiger partial charge on any atom is 0.328 e. The van der Waals surface area contributed by atoms with E-state index in [9.17, 15) is 14.4 Å². The summed E-state index contributed by atoms with van der Waals surface area (Å²) in [6, 6.07) is 6.57. The lowest BCUT2D eigenvalue weighted by Crippen LogP contribution is -1.97. The molecule has 0 amide bonds. The largest absolute Gasteiger partial charge is 0.481 e. The van der Waals surface area contributed by atoms with E-state index in [1.807, 2.05) is 0 Å². The van der Waals surface area contributed by atoms with Crippen molar-refractivity contribution in [3.63, 3.8) is 0 Å². The molecule has 1 aromatic carbocycles. The predicted octanol–water partition coefficient (Wildman–Crippen LogP) is 2.08. The van der Waals surface area contributed by atoms with Crippen LogP contribution in [0.5, 0.6) is 0 Å². The number of rotatable bonds is 7. The third-order valence-electron chi connectivity index (χ3n) is 2.10. The number of carbonyl (C=O) groups excluding carboxylic acids is 1. The molecule has 0 saturated carbocycles. The lowest BCUT2D eigenvalue weighted by molar-refractivity contribution is -0.136. The third kappa shape index (κ3) is 5.87. The Labute approximate surface area is 113 Å². The Balaban J connectivity index is 2.58. The van der Waals surface area contributed by atoms with E-state index in [1.165, 1.54) is 11.8 Å². The van der Waals surface area contributed by atoms with Crippen LogP contribution in [0.4, 0.5) is 0 Å². The van der Waals surface area contributed by atoms with E-state index in [2.05, 4.69) is 0 Å². The predicted molar refractivity (Wildman–Crippen MR) is 70.5 cm³/mol. The van der Waals surface area contributed by atoms with Crippen LogP contribution in [0.3, 0.4) is 0 Å². The van der Waals surface area contributed by atoms with Gasteiger partial charge in [-0.3, -0.25) is 9.59 Å². The summed E-state index contributed by atoms with van der Waals surface area (Å²) in [4.78, 5) is 33.0. The number of hydrogen-bond acceptors (Lipinski definition) is 4. The van der Waals surface area contributed by atoms with Crippen LogP contribution in [0.2, 0.25) is 0 Å². The summed E-state index contributed by atoms with van der Waals surface area (Å²) in [5.41, 5.74) is 0.389. The van der Waals surface area contributed by atoms with Gasteiger partial charge in [-0.15, -0.1) is 11.8 Å². The molecule has 1 aromatic rings. The highest BCUT2D eigenvalue weighted by molar-refractivity contribution is 7.99. The molecule has 0 atom stereocenters. The lowest BCUT2D eigenvalue weighted by Gasteiger charge is -2.01. The van der Waals surface area contributed by atoms with Crippen LogP contribution in [0.1, 0.15) is 16.8 Å².